The van der Waals surface area contributed by atoms with E-state index in [2.05, 4.69) is 40.5 Å². The highest BCUT2D eigenvalue weighted by Gasteiger charge is 2.30. The largest absolute Gasteiger partial charge is 0.573 e. The lowest BCUT2D eigenvalue weighted by atomic mass is 10.2. The Kier molecular flexibility index (Phi) is 7.46. The van der Waals surface area contributed by atoms with Crippen molar-refractivity contribution in [3.05, 3.63) is 82.4 Å². The first-order chi connectivity index (χ1) is 17.2. The molecule has 0 atom stereocenters. The molecule has 0 aliphatic rings. The molecule has 8 nitrogen and oxygen atoms in total. The lowest BCUT2D eigenvalue weighted by Gasteiger charge is -2.10. The average molecular weight is 538 g/mol. The third-order valence-electron chi connectivity index (χ3n) is 4.30. The molecule has 4 rings (SSSR count). The van der Waals surface area contributed by atoms with E-state index in [9.17, 15) is 17.6 Å². The Morgan fingerprint density at radius 2 is 1.69 bits per heavy atom. The maximum absolute atomic E-state index is 14.5. The van der Waals surface area contributed by atoms with E-state index in [1.807, 2.05) is 0 Å². The summed E-state index contributed by atoms with van der Waals surface area (Å²) >= 11 is 12.1. The van der Waals surface area contributed by atoms with Gasteiger partial charge in [0.25, 0.3) is 0 Å². The van der Waals surface area contributed by atoms with Crippen LogP contribution in [0.5, 0.6) is 5.75 Å². The van der Waals surface area contributed by atoms with Gasteiger partial charge < -0.3 is 10.1 Å². The van der Waals surface area contributed by atoms with Crippen molar-refractivity contribution in [2.45, 2.75) is 6.36 Å². The highest BCUT2D eigenvalue weighted by Crippen LogP contribution is 2.29. The summed E-state index contributed by atoms with van der Waals surface area (Å²) in [5.74, 6) is -1.16. The number of hydrogen-bond acceptors (Lipinski definition) is 8. The number of hydrogen-bond donors (Lipinski definition) is 2. The molecular weight excluding hydrogens is 525 g/mol. The van der Waals surface area contributed by atoms with Gasteiger partial charge in [-0.25, -0.2) is 14.8 Å². The molecule has 0 spiro atoms. The number of alkyl halides is 3. The Bertz CT molecular complexity index is 1380. The van der Waals surface area contributed by atoms with Crippen LogP contribution < -0.4 is 15.5 Å². The minimum absolute atomic E-state index is 0.0212. The summed E-state index contributed by atoms with van der Waals surface area (Å²) in [6.45, 7) is 0. The Hall–Kier alpha value is -4.03. The fraction of sp³-hybridized carbons (Fsp3) is 0.0455. The summed E-state index contributed by atoms with van der Waals surface area (Å²) in [6, 6.07) is 12.3. The molecule has 0 amide bonds. The zero-order valence-electron chi connectivity index (χ0n) is 17.8. The van der Waals surface area contributed by atoms with Crippen molar-refractivity contribution in [3.8, 4) is 17.1 Å². The van der Waals surface area contributed by atoms with Gasteiger partial charge in [0.1, 0.15) is 16.7 Å². The van der Waals surface area contributed by atoms with Crippen LogP contribution in [0.1, 0.15) is 5.56 Å². The first-order valence-electron chi connectivity index (χ1n) is 9.90. The molecule has 0 aliphatic carbocycles. The zero-order valence-corrected chi connectivity index (χ0v) is 19.3. The van der Waals surface area contributed by atoms with Gasteiger partial charge in [0.05, 0.1) is 16.8 Å². The SMILES string of the molecule is Fc1cccc(Cl)c1-c1nc(NN=Cc2ccc(OC(F)(F)F)cc2)nc(Nc2ccnc(Cl)c2)n1. The summed E-state index contributed by atoms with van der Waals surface area (Å²) in [6.07, 6.45) is -2.01. The van der Waals surface area contributed by atoms with Crippen LogP contribution in [0.4, 0.5) is 35.1 Å². The van der Waals surface area contributed by atoms with Crippen molar-refractivity contribution in [2.24, 2.45) is 5.10 Å². The van der Waals surface area contributed by atoms with Gasteiger partial charge in [-0.3, -0.25) is 0 Å². The summed E-state index contributed by atoms with van der Waals surface area (Å²) in [4.78, 5) is 16.5. The molecule has 2 aromatic carbocycles. The molecule has 0 radical (unpaired) electrons. The second-order valence-electron chi connectivity index (χ2n) is 6.88. The fourth-order valence-electron chi connectivity index (χ4n) is 2.83. The Balaban J connectivity index is 1.60. The van der Waals surface area contributed by atoms with E-state index >= 15 is 0 Å². The number of halogens is 6. The Labute approximate surface area is 211 Å². The quantitative estimate of drug-likeness (QED) is 0.121. The molecule has 0 aliphatic heterocycles. The van der Waals surface area contributed by atoms with Crippen LogP contribution >= 0.6 is 23.2 Å². The molecule has 2 N–H and O–H groups in total. The first kappa shape index (κ1) is 25.1. The Morgan fingerprint density at radius 3 is 2.39 bits per heavy atom. The molecule has 4 aromatic rings. The molecule has 0 unspecified atom stereocenters. The first-order valence-corrected chi connectivity index (χ1v) is 10.7. The molecule has 0 saturated heterocycles. The predicted octanol–water partition coefficient (Wildman–Crippen LogP) is 6.47. The monoisotopic (exact) mass is 537 g/mol. The molecule has 2 aromatic heterocycles. The third kappa shape index (κ3) is 6.77. The number of nitrogens with zero attached hydrogens (tertiary/aromatic N) is 5. The van der Waals surface area contributed by atoms with Crippen molar-refractivity contribution >= 4 is 47.0 Å². The molecule has 14 heteroatoms. The van der Waals surface area contributed by atoms with Gasteiger partial charge >= 0.3 is 6.36 Å². The standard InChI is InChI=1S/C22H13Cl2F4N7O/c23-15-2-1-3-16(25)18(15)19-32-20(31-13-8-9-29-17(24)10-13)34-21(33-19)35-30-11-12-4-6-14(7-5-12)36-22(26,27)28/h1-11H,(H2,29,31,32,33,34,35). The summed E-state index contributed by atoms with van der Waals surface area (Å²) in [5, 5.41) is 7.20. The molecule has 184 valence electrons. The van der Waals surface area contributed by atoms with Crippen molar-refractivity contribution < 1.29 is 22.3 Å². The number of anilines is 3. The van der Waals surface area contributed by atoms with Crippen LogP contribution in [0.2, 0.25) is 10.2 Å². The van der Waals surface area contributed by atoms with Gasteiger partial charge in [0, 0.05) is 11.9 Å². The van der Waals surface area contributed by atoms with Gasteiger partial charge in [-0.2, -0.15) is 20.1 Å². The molecule has 2 heterocycles. The number of pyridine rings is 1. The average Bonchev–Trinajstić information content (AvgIpc) is 2.79. The maximum atomic E-state index is 14.5. The van der Waals surface area contributed by atoms with Crippen LogP contribution in [0.3, 0.4) is 0 Å². The summed E-state index contributed by atoms with van der Waals surface area (Å²) < 4.78 is 55.3. The minimum atomic E-state index is -4.79. The lowest BCUT2D eigenvalue weighted by molar-refractivity contribution is -0.274. The normalized spacial score (nSPS) is 11.5. The molecule has 0 saturated carbocycles. The minimum Gasteiger partial charge on any atom is -0.406 e. The van der Waals surface area contributed by atoms with Gasteiger partial charge in [-0.15, -0.1) is 13.2 Å². The van der Waals surface area contributed by atoms with Crippen LogP contribution in [0, 0.1) is 5.82 Å². The number of ether oxygens (including phenoxy) is 1. The van der Waals surface area contributed by atoms with Crippen LogP contribution in [0.25, 0.3) is 11.4 Å². The zero-order chi connectivity index (χ0) is 25.7. The second-order valence-corrected chi connectivity index (χ2v) is 7.68. The number of rotatable bonds is 7. The summed E-state index contributed by atoms with van der Waals surface area (Å²) in [5.41, 5.74) is 3.49. The van der Waals surface area contributed by atoms with Gasteiger partial charge in [0.2, 0.25) is 11.9 Å². The van der Waals surface area contributed by atoms with Gasteiger partial charge in [-0.05, 0) is 54.1 Å². The van der Waals surface area contributed by atoms with Crippen LogP contribution in [-0.2, 0) is 0 Å². The predicted molar refractivity (Wildman–Crippen MR) is 127 cm³/mol. The van der Waals surface area contributed by atoms with Crippen molar-refractivity contribution in [1.82, 2.24) is 19.9 Å². The highest BCUT2D eigenvalue weighted by atomic mass is 35.5. The fourth-order valence-corrected chi connectivity index (χ4v) is 3.26. The lowest BCUT2D eigenvalue weighted by Crippen LogP contribution is -2.17. The van der Waals surface area contributed by atoms with E-state index in [0.717, 1.165) is 12.1 Å². The van der Waals surface area contributed by atoms with Crippen LogP contribution in [0.15, 0.2) is 65.9 Å². The Morgan fingerprint density at radius 1 is 0.944 bits per heavy atom. The van der Waals surface area contributed by atoms with E-state index in [0.29, 0.717) is 11.3 Å². The summed E-state index contributed by atoms with van der Waals surface area (Å²) in [7, 11) is 0. The van der Waals surface area contributed by atoms with E-state index < -0.39 is 12.2 Å². The number of benzene rings is 2. The maximum Gasteiger partial charge on any atom is 0.573 e. The smallest absolute Gasteiger partial charge is 0.406 e. The van der Waals surface area contributed by atoms with Crippen LogP contribution in [-0.4, -0.2) is 32.5 Å². The van der Waals surface area contributed by atoms with Gasteiger partial charge in [0.15, 0.2) is 5.82 Å². The van der Waals surface area contributed by atoms with Crippen molar-refractivity contribution in [2.75, 3.05) is 10.7 Å². The molecule has 0 bridgehead atoms. The third-order valence-corrected chi connectivity index (χ3v) is 4.82. The number of nitrogens with one attached hydrogen (secondary N) is 2. The molecular formula is C22H13Cl2F4N7O. The number of aromatic nitrogens is 4. The van der Waals surface area contributed by atoms with Gasteiger partial charge in [-0.1, -0.05) is 29.3 Å². The number of hydrazone groups is 1. The highest BCUT2D eigenvalue weighted by molar-refractivity contribution is 6.33. The van der Waals surface area contributed by atoms with Crippen molar-refractivity contribution in [3.63, 3.8) is 0 Å². The van der Waals surface area contributed by atoms with E-state index in [4.69, 9.17) is 23.2 Å². The topological polar surface area (TPSA) is 97.2 Å². The molecule has 0 fully saturated rings. The van der Waals surface area contributed by atoms with E-state index in [1.165, 1.54) is 48.8 Å². The van der Waals surface area contributed by atoms with E-state index in [-0.39, 0.29) is 39.2 Å². The molecule has 36 heavy (non-hydrogen) atoms. The van der Waals surface area contributed by atoms with Crippen molar-refractivity contribution in [1.29, 1.82) is 0 Å². The van der Waals surface area contributed by atoms with E-state index in [1.54, 1.807) is 6.07 Å². The second kappa shape index (κ2) is 10.7.